The largest absolute Gasteiger partial charge is 0.478 e. The van der Waals surface area contributed by atoms with Gasteiger partial charge in [-0.1, -0.05) is 6.92 Å². The number of carbonyl (C=O) groups is 2. The third-order valence-corrected chi connectivity index (χ3v) is 4.48. The van der Waals surface area contributed by atoms with Crippen molar-refractivity contribution in [2.45, 2.75) is 20.3 Å². The molecule has 3 N–H and O–H groups in total. The highest BCUT2D eigenvalue weighted by molar-refractivity contribution is 9.10. The van der Waals surface area contributed by atoms with E-state index in [0.717, 1.165) is 12.1 Å². The molecule has 0 aliphatic rings. The number of carboxylic acid groups (broad SMARTS) is 1. The first-order valence-electron chi connectivity index (χ1n) is 6.41. The van der Waals surface area contributed by atoms with E-state index in [9.17, 15) is 9.59 Å². The number of carbonyl (C=O) groups excluding carboxylic acids is 1. The molecule has 5 nitrogen and oxygen atoms in total. The van der Waals surface area contributed by atoms with Gasteiger partial charge < -0.3 is 10.9 Å². The molecule has 2 aromatic rings. The van der Waals surface area contributed by atoms with E-state index in [2.05, 4.69) is 15.9 Å². The molecule has 1 aromatic carbocycles. The number of nitrogens with two attached hydrogens (primary N) is 1. The molecule has 0 spiro atoms. The van der Waals surface area contributed by atoms with Crippen molar-refractivity contribution in [2.24, 2.45) is 0 Å². The SMILES string of the molecule is CCc1ccc(C(=O)c2ccc(C(=O)O)c(C)c2Br)n1N. The number of benzene rings is 1. The van der Waals surface area contributed by atoms with Crippen LogP contribution < -0.4 is 5.84 Å². The molecule has 6 heteroatoms. The number of rotatable bonds is 4. The second kappa shape index (κ2) is 5.73. The fraction of sp³-hybridized carbons (Fsp3) is 0.200. The minimum Gasteiger partial charge on any atom is -0.478 e. The second-order valence-electron chi connectivity index (χ2n) is 4.67. The average Bonchev–Trinajstić information content (AvgIpc) is 2.81. The lowest BCUT2D eigenvalue weighted by atomic mass is 10.0. The van der Waals surface area contributed by atoms with Crippen LogP contribution in [0.5, 0.6) is 0 Å². The van der Waals surface area contributed by atoms with Crippen molar-refractivity contribution in [1.82, 2.24) is 4.68 Å². The summed E-state index contributed by atoms with van der Waals surface area (Å²) in [7, 11) is 0. The van der Waals surface area contributed by atoms with E-state index >= 15 is 0 Å². The summed E-state index contributed by atoms with van der Waals surface area (Å²) in [5.74, 6) is 4.63. The van der Waals surface area contributed by atoms with Crippen molar-refractivity contribution in [3.8, 4) is 0 Å². The monoisotopic (exact) mass is 350 g/mol. The number of ketones is 1. The van der Waals surface area contributed by atoms with Crippen molar-refractivity contribution in [1.29, 1.82) is 0 Å². The maximum Gasteiger partial charge on any atom is 0.335 e. The molecule has 1 heterocycles. The van der Waals surface area contributed by atoms with Crippen LogP contribution in [0.1, 0.15) is 44.6 Å². The molecule has 0 fully saturated rings. The fourth-order valence-electron chi connectivity index (χ4n) is 2.19. The molecular weight excluding hydrogens is 336 g/mol. The van der Waals surface area contributed by atoms with E-state index in [0.29, 0.717) is 21.3 Å². The molecule has 0 amide bonds. The van der Waals surface area contributed by atoms with Crippen LogP contribution in [0.25, 0.3) is 0 Å². The molecule has 0 saturated carbocycles. The minimum atomic E-state index is -1.03. The van der Waals surface area contributed by atoms with Gasteiger partial charge in [-0.05, 0) is 59.1 Å². The van der Waals surface area contributed by atoms with E-state index < -0.39 is 5.97 Å². The molecule has 0 unspecified atom stereocenters. The number of aromatic carboxylic acids is 1. The van der Waals surface area contributed by atoms with Crippen molar-refractivity contribution >= 4 is 27.7 Å². The smallest absolute Gasteiger partial charge is 0.335 e. The highest BCUT2D eigenvalue weighted by atomic mass is 79.9. The van der Waals surface area contributed by atoms with Crippen LogP contribution in [-0.4, -0.2) is 21.5 Å². The Morgan fingerprint density at radius 2 is 1.86 bits per heavy atom. The molecule has 110 valence electrons. The summed E-state index contributed by atoms with van der Waals surface area (Å²) in [5.41, 5.74) is 2.29. The van der Waals surface area contributed by atoms with Crippen LogP contribution in [0.3, 0.4) is 0 Å². The molecular formula is C15H15BrN2O3. The predicted molar refractivity (Wildman–Crippen MR) is 83.2 cm³/mol. The molecule has 0 radical (unpaired) electrons. The molecule has 0 bridgehead atoms. The molecule has 0 aliphatic heterocycles. The van der Waals surface area contributed by atoms with Gasteiger partial charge in [-0.3, -0.25) is 9.47 Å². The summed E-state index contributed by atoms with van der Waals surface area (Å²) in [6.45, 7) is 3.61. The van der Waals surface area contributed by atoms with Gasteiger partial charge >= 0.3 is 5.97 Å². The second-order valence-corrected chi connectivity index (χ2v) is 5.46. The normalized spacial score (nSPS) is 10.6. The number of nitrogens with zero attached hydrogens (tertiary/aromatic N) is 1. The summed E-state index contributed by atoms with van der Waals surface area (Å²) in [6, 6.07) is 6.41. The van der Waals surface area contributed by atoms with Gasteiger partial charge in [0.1, 0.15) is 5.69 Å². The topological polar surface area (TPSA) is 85.3 Å². The molecule has 21 heavy (non-hydrogen) atoms. The Bertz CT molecular complexity index is 735. The van der Waals surface area contributed by atoms with E-state index in [1.807, 2.05) is 6.92 Å². The summed E-state index contributed by atoms with van der Waals surface area (Å²) < 4.78 is 1.85. The summed E-state index contributed by atoms with van der Waals surface area (Å²) >= 11 is 3.31. The zero-order chi connectivity index (χ0) is 15.7. The highest BCUT2D eigenvalue weighted by Gasteiger charge is 2.20. The Balaban J connectivity index is 2.51. The van der Waals surface area contributed by atoms with Gasteiger partial charge in [0.25, 0.3) is 0 Å². The lowest BCUT2D eigenvalue weighted by molar-refractivity contribution is 0.0695. The van der Waals surface area contributed by atoms with Gasteiger partial charge in [0.15, 0.2) is 0 Å². The zero-order valence-electron chi connectivity index (χ0n) is 11.7. The van der Waals surface area contributed by atoms with E-state index in [1.165, 1.54) is 16.8 Å². The quantitative estimate of drug-likeness (QED) is 0.655. The first-order chi connectivity index (χ1) is 9.88. The third kappa shape index (κ3) is 2.58. The number of halogens is 1. The first kappa shape index (κ1) is 15.3. The van der Waals surface area contributed by atoms with Gasteiger partial charge in [0.2, 0.25) is 5.78 Å². The summed E-state index contributed by atoms with van der Waals surface area (Å²) in [5, 5.41) is 9.09. The van der Waals surface area contributed by atoms with Crippen LogP contribution in [0.15, 0.2) is 28.7 Å². The van der Waals surface area contributed by atoms with Crippen LogP contribution in [0.4, 0.5) is 0 Å². The fourth-order valence-corrected chi connectivity index (χ4v) is 2.72. The average molecular weight is 351 g/mol. The van der Waals surface area contributed by atoms with Gasteiger partial charge in [-0.25, -0.2) is 4.79 Å². The van der Waals surface area contributed by atoms with E-state index in [-0.39, 0.29) is 11.3 Å². The van der Waals surface area contributed by atoms with Crippen LogP contribution in [0, 0.1) is 6.92 Å². The Hall–Kier alpha value is -2.08. The summed E-state index contributed by atoms with van der Waals surface area (Å²) in [6.07, 6.45) is 0.724. The maximum absolute atomic E-state index is 12.6. The molecule has 0 aliphatic carbocycles. The Morgan fingerprint density at radius 3 is 2.38 bits per heavy atom. The lowest BCUT2D eigenvalue weighted by Crippen LogP contribution is -2.19. The Kier molecular flexibility index (Phi) is 4.18. The third-order valence-electron chi connectivity index (χ3n) is 3.46. The number of aromatic nitrogens is 1. The first-order valence-corrected chi connectivity index (χ1v) is 7.20. The number of hydrogen-bond acceptors (Lipinski definition) is 3. The van der Waals surface area contributed by atoms with Crippen LogP contribution in [-0.2, 0) is 6.42 Å². The van der Waals surface area contributed by atoms with Gasteiger partial charge in [-0.2, -0.15) is 0 Å². The molecule has 0 atom stereocenters. The number of nitrogen functional groups attached to an aromatic ring is 1. The van der Waals surface area contributed by atoms with Crippen molar-refractivity contribution in [2.75, 3.05) is 5.84 Å². The predicted octanol–water partition coefficient (Wildman–Crippen LogP) is 2.76. The van der Waals surface area contributed by atoms with Gasteiger partial charge in [-0.15, -0.1) is 0 Å². The van der Waals surface area contributed by atoms with Gasteiger partial charge in [0, 0.05) is 15.7 Å². The standard InChI is InChI=1S/C15H15BrN2O3/c1-3-9-4-7-12(18(9)17)14(19)11-6-5-10(15(20)21)8(2)13(11)16/h4-7H,3,17H2,1-2H3,(H,20,21). The van der Waals surface area contributed by atoms with Crippen LogP contribution in [0.2, 0.25) is 0 Å². The Labute approximate surface area is 130 Å². The highest BCUT2D eigenvalue weighted by Crippen LogP contribution is 2.27. The molecule has 1 aromatic heterocycles. The molecule has 0 saturated heterocycles. The van der Waals surface area contributed by atoms with E-state index in [1.54, 1.807) is 19.1 Å². The van der Waals surface area contributed by atoms with Crippen molar-refractivity contribution in [3.05, 3.63) is 56.8 Å². The molecule has 2 rings (SSSR count). The van der Waals surface area contributed by atoms with Gasteiger partial charge in [0.05, 0.1) is 5.56 Å². The Morgan fingerprint density at radius 1 is 1.24 bits per heavy atom. The van der Waals surface area contributed by atoms with Crippen LogP contribution >= 0.6 is 15.9 Å². The number of aryl methyl sites for hydroxylation is 1. The van der Waals surface area contributed by atoms with Crippen molar-refractivity contribution < 1.29 is 14.7 Å². The number of hydrogen-bond donors (Lipinski definition) is 2. The maximum atomic E-state index is 12.6. The number of carboxylic acids is 1. The van der Waals surface area contributed by atoms with Crippen molar-refractivity contribution in [3.63, 3.8) is 0 Å². The minimum absolute atomic E-state index is 0.163. The summed E-state index contributed by atoms with van der Waals surface area (Å²) in [4.78, 5) is 23.7. The zero-order valence-corrected chi connectivity index (χ0v) is 13.3. The van der Waals surface area contributed by atoms with E-state index in [4.69, 9.17) is 10.9 Å². The lowest BCUT2D eigenvalue weighted by Gasteiger charge is -2.10.